The Kier molecular flexibility index (Phi) is 7.12. The van der Waals surface area contributed by atoms with Gasteiger partial charge in [-0.15, -0.1) is 0 Å². The van der Waals surface area contributed by atoms with Crippen molar-refractivity contribution in [2.24, 2.45) is 4.99 Å². The average Bonchev–Trinajstić information content (AvgIpc) is 2.55. The van der Waals surface area contributed by atoms with Crippen LogP contribution >= 0.6 is 15.9 Å². The molecule has 0 amide bonds. The molecule has 0 bridgehead atoms. The first-order valence-electron chi connectivity index (χ1n) is 7.80. The van der Waals surface area contributed by atoms with Crippen LogP contribution in [0.3, 0.4) is 0 Å². The molecule has 0 radical (unpaired) electrons. The molecule has 0 aliphatic carbocycles. The van der Waals surface area contributed by atoms with Gasteiger partial charge < -0.3 is 15.5 Å². The Morgan fingerprint density at radius 3 is 2.73 bits per heavy atom. The maximum absolute atomic E-state index is 13.5. The number of guanidine groups is 1. The first-order valence-corrected chi connectivity index (χ1v) is 8.59. The minimum atomic E-state index is -0.243. The molecule has 1 saturated heterocycles. The number of benzene rings is 1. The van der Waals surface area contributed by atoms with Crippen molar-refractivity contribution in [1.29, 1.82) is 0 Å². The molecule has 1 aromatic rings. The molecule has 0 spiro atoms. The van der Waals surface area contributed by atoms with Gasteiger partial charge in [-0.3, -0.25) is 4.99 Å². The van der Waals surface area contributed by atoms with E-state index in [9.17, 15) is 4.39 Å². The Morgan fingerprint density at radius 2 is 2.05 bits per heavy atom. The number of hydrogen-bond acceptors (Lipinski definition) is 2. The van der Waals surface area contributed by atoms with Gasteiger partial charge in [-0.05, 0) is 59.6 Å². The van der Waals surface area contributed by atoms with Crippen LogP contribution in [0.15, 0.2) is 27.7 Å². The first kappa shape index (κ1) is 17.2. The molecule has 1 aromatic carbocycles. The highest BCUT2D eigenvalue weighted by molar-refractivity contribution is 9.10. The molecule has 1 aliphatic rings. The fraction of sp³-hybridized carbons (Fsp3) is 0.562. The summed E-state index contributed by atoms with van der Waals surface area (Å²) < 4.78 is 14.0. The maximum atomic E-state index is 13.5. The number of aliphatic imine (C=N–C) groups is 1. The highest BCUT2D eigenvalue weighted by Crippen LogP contribution is 2.16. The molecule has 22 heavy (non-hydrogen) atoms. The van der Waals surface area contributed by atoms with E-state index in [1.165, 1.54) is 38.4 Å². The lowest BCUT2D eigenvalue weighted by molar-refractivity contribution is 0.232. The zero-order valence-electron chi connectivity index (χ0n) is 13.0. The van der Waals surface area contributed by atoms with Gasteiger partial charge in [0, 0.05) is 26.7 Å². The normalized spacial score (nSPS) is 16.6. The van der Waals surface area contributed by atoms with Crippen LogP contribution < -0.4 is 10.6 Å². The summed E-state index contributed by atoms with van der Waals surface area (Å²) in [6.07, 6.45) is 3.97. The molecule has 0 saturated carbocycles. The Labute approximate surface area is 140 Å². The quantitative estimate of drug-likeness (QED) is 0.618. The number of halogens is 2. The molecule has 0 unspecified atom stereocenters. The summed E-state index contributed by atoms with van der Waals surface area (Å²) in [5.74, 6) is 0.507. The second-order valence-corrected chi connectivity index (χ2v) is 6.36. The summed E-state index contributed by atoms with van der Waals surface area (Å²) in [7, 11) is 1.75. The smallest absolute Gasteiger partial charge is 0.191 e. The van der Waals surface area contributed by atoms with Crippen LogP contribution in [0.2, 0.25) is 0 Å². The van der Waals surface area contributed by atoms with Crippen molar-refractivity contribution in [2.45, 2.75) is 25.8 Å². The number of hydrogen-bond donors (Lipinski definition) is 2. The zero-order valence-corrected chi connectivity index (χ0v) is 14.6. The summed E-state index contributed by atoms with van der Waals surface area (Å²) in [6, 6.07) is 5.14. The van der Waals surface area contributed by atoms with Crippen LogP contribution in [0.25, 0.3) is 0 Å². The molecule has 6 heteroatoms. The molecule has 2 rings (SSSR count). The van der Waals surface area contributed by atoms with Gasteiger partial charge in [0.15, 0.2) is 5.96 Å². The molecule has 1 heterocycles. The standard InChI is InChI=1S/C16H24BrFN4/c1-19-16(20-7-10-22-8-3-2-4-9-22)21-12-13-5-6-14(17)15(18)11-13/h5-6,11H,2-4,7-10,12H2,1H3,(H2,19,20,21). The molecule has 122 valence electrons. The molecular weight excluding hydrogens is 347 g/mol. The van der Waals surface area contributed by atoms with Gasteiger partial charge in [-0.25, -0.2) is 4.39 Å². The fourth-order valence-corrected chi connectivity index (χ4v) is 2.82. The van der Waals surface area contributed by atoms with Gasteiger partial charge in [-0.1, -0.05) is 12.5 Å². The van der Waals surface area contributed by atoms with Crippen LogP contribution in [0.1, 0.15) is 24.8 Å². The Morgan fingerprint density at radius 1 is 1.27 bits per heavy atom. The van der Waals surface area contributed by atoms with E-state index in [-0.39, 0.29) is 5.82 Å². The van der Waals surface area contributed by atoms with Crippen molar-refractivity contribution in [3.05, 3.63) is 34.1 Å². The van der Waals surface area contributed by atoms with E-state index in [1.54, 1.807) is 13.1 Å². The number of nitrogens with one attached hydrogen (secondary N) is 2. The largest absolute Gasteiger partial charge is 0.355 e. The van der Waals surface area contributed by atoms with E-state index in [4.69, 9.17) is 0 Å². The molecule has 2 N–H and O–H groups in total. The minimum absolute atomic E-state index is 0.243. The lowest BCUT2D eigenvalue weighted by Crippen LogP contribution is -2.42. The molecule has 4 nitrogen and oxygen atoms in total. The Balaban J connectivity index is 1.71. The lowest BCUT2D eigenvalue weighted by atomic mass is 10.1. The monoisotopic (exact) mass is 370 g/mol. The average molecular weight is 371 g/mol. The van der Waals surface area contributed by atoms with E-state index in [1.807, 2.05) is 6.07 Å². The summed E-state index contributed by atoms with van der Waals surface area (Å²) in [5, 5.41) is 6.52. The number of nitrogens with zero attached hydrogens (tertiary/aromatic N) is 2. The van der Waals surface area contributed by atoms with E-state index in [0.29, 0.717) is 11.0 Å². The van der Waals surface area contributed by atoms with Crippen LogP contribution in [-0.4, -0.2) is 44.1 Å². The molecular formula is C16H24BrFN4. The van der Waals surface area contributed by atoms with Crippen LogP contribution in [0, 0.1) is 5.82 Å². The summed E-state index contributed by atoms with van der Waals surface area (Å²) in [5.41, 5.74) is 0.889. The summed E-state index contributed by atoms with van der Waals surface area (Å²) in [4.78, 5) is 6.68. The minimum Gasteiger partial charge on any atom is -0.355 e. The van der Waals surface area contributed by atoms with E-state index >= 15 is 0 Å². The van der Waals surface area contributed by atoms with Gasteiger partial charge in [0.05, 0.1) is 4.47 Å². The van der Waals surface area contributed by atoms with Crippen LogP contribution in [0.4, 0.5) is 4.39 Å². The molecule has 0 atom stereocenters. The van der Waals surface area contributed by atoms with Gasteiger partial charge in [0.2, 0.25) is 0 Å². The summed E-state index contributed by atoms with van der Waals surface area (Å²) in [6.45, 7) is 4.85. The van der Waals surface area contributed by atoms with Gasteiger partial charge >= 0.3 is 0 Å². The van der Waals surface area contributed by atoms with Crippen molar-refractivity contribution in [2.75, 3.05) is 33.2 Å². The predicted octanol–water partition coefficient (Wildman–Crippen LogP) is 2.74. The van der Waals surface area contributed by atoms with Crippen molar-refractivity contribution in [1.82, 2.24) is 15.5 Å². The third-order valence-electron chi connectivity index (χ3n) is 3.84. The second kappa shape index (κ2) is 9.10. The summed E-state index contributed by atoms with van der Waals surface area (Å²) >= 11 is 3.16. The first-order chi connectivity index (χ1) is 10.7. The predicted molar refractivity (Wildman–Crippen MR) is 92.6 cm³/mol. The SMILES string of the molecule is CN=C(NCCN1CCCCC1)NCc1ccc(Br)c(F)c1. The van der Waals surface area contributed by atoms with Crippen molar-refractivity contribution < 1.29 is 4.39 Å². The van der Waals surface area contributed by atoms with Crippen molar-refractivity contribution in [3.8, 4) is 0 Å². The Hall–Kier alpha value is -1.14. The van der Waals surface area contributed by atoms with Crippen LogP contribution in [-0.2, 0) is 6.54 Å². The lowest BCUT2D eigenvalue weighted by Gasteiger charge is -2.26. The van der Waals surface area contributed by atoms with Gasteiger partial charge in [0.25, 0.3) is 0 Å². The van der Waals surface area contributed by atoms with Gasteiger partial charge in [0.1, 0.15) is 5.82 Å². The van der Waals surface area contributed by atoms with Crippen molar-refractivity contribution >= 4 is 21.9 Å². The van der Waals surface area contributed by atoms with Crippen LogP contribution in [0.5, 0.6) is 0 Å². The van der Waals surface area contributed by atoms with E-state index in [2.05, 4.69) is 36.5 Å². The maximum Gasteiger partial charge on any atom is 0.191 e. The zero-order chi connectivity index (χ0) is 15.8. The van der Waals surface area contributed by atoms with E-state index < -0.39 is 0 Å². The molecule has 0 aromatic heterocycles. The Bertz CT molecular complexity index is 501. The molecule has 1 fully saturated rings. The van der Waals surface area contributed by atoms with Gasteiger partial charge in [-0.2, -0.15) is 0 Å². The highest BCUT2D eigenvalue weighted by Gasteiger charge is 2.09. The van der Waals surface area contributed by atoms with Crippen molar-refractivity contribution in [3.63, 3.8) is 0 Å². The number of likely N-dealkylation sites (tertiary alicyclic amines) is 1. The highest BCUT2D eigenvalue weighted by atomic mass is 79.9. The fourth-order valence-electron chi connectivity index (χ4n) is 2.57. The topological polar surface area (TPSA) is 39.7 Å². The molecule has 1 aliphatic heterocycles. The number of piperidine rings is 1. The second-order valence-electron chi connectivity index (χ2n) is 5.50. The number of rotatable bonds is 5. The third kappa shape index (κ3) is 5.57. The third-order valence-corrected chi connectivity index (χ3v) is 4.48. The van der Waals surface area contributed by atoms with E-state index in [0.717, 1.165) is 24.6 Å².